The number of amides is 1. The molecule has 1 fully saturated rings. The van der Waals surface area contributed by atoms with E-state index in [4.69, 9.17) is 4.52 Å². The molecule has 11 heteroatoms. The molecule has 0 radical (unpaired) electrons. The van der Waals surface area contributed by atoms with E-state index in [0.29, 0.717) is 27.4 Å². The predicted octanol–water partition coefficient (Wildman–Crippen LogP) is 5.06. The first-order valence-corrected chi connectivity index (χ1v) is 10.9. The Morgan fingerprint density at radius 1 is 1.31 bits per heavy atom. The average Bonchev–Trinajstić information content (AvgIpc) is 3.53. The highest BCUT2D eigenvalue weighted by Gasteiger charge is 2.38. The van der Waals surface area contributed by atoms with Gasteiger partial charge in [-0.3, -0.25) is 4.79 Å². The Morgan fingerprint density at radius 2 is 2.12 bits per heavy atom. The van der Waals surface area contributed by atoms with Crippen LogP contribution in [0.1, 0.15) is 52.0 Å². The smallest absolute Gasteiger partial charge is 0.361 e. The second kappa shape index (κ2) is 7.44. The van der Waals surface area contributed by atoms with E-state index in [1.54, 1.807) is 29.3 Å². The lowest BCUT2D eigenvalue weighted by molar-refractivity contribution is -0.142. The maximum Gasteiger partial charge on any atom is 0.433 e. The van der Waals surface area contributed by atoms with Gasteiger partial charge < -0.3 is 9.42 Å². The largest absolute Gasteiger partial charge is 0.433 e. The monoisotopic (exact) mass is 461 g/mol. The maximum absolute atomic E-state index is 13.8. The SMILES string of the molecule is Cc1noc(C)c1[C@@H]1CCCN1C(=O)c1cnn2c(C(F)(F)F)cc(-c3cccs3)nc12. The summed E-state index contributed by atoms with van der Waals surface area (Å²) in [5.74, 6) is 0.219. The molecule has 0 aliphatic carbocycles. The second-order valence-electron chi connectivity index (χ2n) is 7.69. The first-order chi connectivity index (χ1) is 15.3. The Balaban J connectivity index is 1.63. The van der Waals surface area contributed by atoms with Gasteiger partial charge in [0.2, 0.25) is 0 Å². The van der Waals surface area contributed by atoms with Crippen LogP contribution in [0.15, 0.2) is 34.3 Å². The van der Waals surface area contributed by atoms with Gasteiger partial charge >= 0.3 is 6.18 Å². The van der Waals surface area contributed by atoms with E-state index in [0.717, 1.165) is 24.5 Å². The summed E-state index contributed by atoms with van der Waals surface area (Å²) in [4.78, 5) is 20.1. The zero-order valence-corrected chi connectivity index (χ0v) is 18.0. The van der Waals surface area contributed by atoms with Crippen molar-refractivity contribution in [1.29, 1.82) is 0 Å². The van der Waals surface area contributed by atoms with Gasteiger partial charge in [-0.2, -0.15) is 18.3 Å². The van der Waals surface area contributed by atoms with E-state index in [1.165, 1.54) is 17.5 Å². The summed E-state index contributed by atoms with van der Waals surface area (Å²) in [6.45, 7) is 4.07. The lowest BCUT2D eigenvalue weighted by Gasteiger charge is -2.24. The van der Waals surface area contributed by atoms with Gasteiger partial charge in [0.25, 0.3) is 5.91 Å². The molecule has 0 aromatic carbocycles. The summed E-state index contributed by atoms with van der Waals surface area (Å²) in [6, 6.07) is 4.13. The van der Waals surface area contributed by atoms with E-state index in [-0.39, 0.29) is 22.9 Å². The minimum absolute atomic E-state index is 0.0348. The molecule has 4 aromatic rings. The van der Waals surface area contributed by atoms with Gasteiger partial charge in [-0.05, 0) is 44.2 Å². The maximum atomic E-state index is 13.8. The lowest BCUT2D eigenvalue weighted by atomic mass is 10.0. The van der Waals surface area contributed by atoms with Crippen LogP contribution in [0.3, 0.4) is 0 Å². The predicted molar refractivity (Wildman–Crippen MR) is 110 cm³/mol. The van der Waals surface area contributed by atoms with Crippen LogP contribution in [0, 0.1) is 13.8 Å². The molecule has 0 bridgehead atoms. The number of nitrogens with zero attached hydrogens (tertiary/aromatic N) is 5. The number of halogens is 3. The topological polar surface area (TPSA) is 76.5 Å². The van der Waals surface area contributed by atoms with Gasteiger partial charge in [-0.1, -0.05) is 11.2 Å². The highest BCUT2D eigenvalue weighted by molar-refractivity contribution is 7.13. The van der Waals surface area contributed by atoms with Crippen LogP contribution in [0.4, 0.5) is 13.2 Å². The second-order valence-corrected chi connectivity index (χ2v) is 8.64. The lowest BCUT2D eigenvalue weighted by Crippen LogP contribution is -2.31. The molecule has 5 heterocycles. The van der Waals surface area contributed by atoms with Crippen molar-refractivity contribution in [2.45, 2.75) is 38.9 Å². The summed E-state index contributed by atoms with van der Waals surface area (Å²) in [5, 5.41) is 9.62. The summed E-state index contributed by atoms with van der Waals surface area (Å²) in [6.07, 6.45) is -2.01. The molecule has 166 valence electrons. The fourth-order valence-electron chi connectivity index (χ4n) is 4.30. The Morgan fingerprint density at radius 3 is 2.78 bits per heavy atom. The molecule has 0 unspecified atom stereocenters. The zero-order valence-electron chi connectivity index (χ0n) is 17.2. The van der Waals surface area contributed by atoms with Crippen molar-refractivity contribution in [1.82, 2.24) is 24.7 Å². The minimum Gasteiger partial charge on any atom is -0.361 e. The molecule has 1 aliphatic rings. The van der Waals surface area contributed by atoms with Crippen LogP contribution in [-0.2, 0) is 6.18 Å². The zero-order chi connectivity index (χ0) is 22.6. The quantitative estimate of drug-likeness (QED) is 0.426. The van der Waals surface area contributed by atoms with Crippen LogP contribution in [0.5, 0.6) is 0 Å². The van der Waals surface area contributed by atoms with Crippen LogP contribution < -0.4 is 0 Å². The van der Waals surface area contributed by atoms with E-state index in [2.05, 4.69) is 15.2 Å². The van der Waals surface area contributed by atoms with Gasteiger partial charge in [-0.15, -0.1) is 11.3 Å². The number of aromatic nitrogens is 4. The number of alkyl halides is 3. The highest BCUT2D eigenvalue weighted by atomic mass is 32.1. The molecule has 1 saturated heterocycles. The number of thiophene rings is 1. The third kappa shape index (κ3) is 3.27. The Kier molecular flexibility index (Phi) is 4.81. The number of hydrogen-bond donors (Lipinski definition) is 0. The van der Waals surface area contributed by atoms with Crippen LogP contribution in [0.2, 0.25) is 0 Å². The normalized spacial score (nSPS) is 16.9. The fraction of sp³-hybridized carbons (Fsp3) is 0.333. The number of fused-ring (bicyclic) bond motifs is 1. The average molecular weight is 461 g/mol. The number of hydrogen-bond acceptors (Lipinski definition) is 6. The van der Waals surface area contributed by atoms with E-state index in [1.807, 2.05) is 6.92 Å². The third-order valence-corrected chi connectivity index (χ3v) is 6.59. The van der Waals surface area contributed by atoms with Gasteiger partial charge in [0.05, 0.1) is 28.5 Å². The Hall–Kier alpha value is -3.21. The third-order valence-electron chi connectivity index (χ3n) is 5.70. The molecule has 0 N–H and O–H groups in total. The van der Waals surface area contributed by atoms with Crippen molar-refractivity contribution in [3.8, 4) is 10.6 Å². The molecule has 32 heavy (non-hydrogen) atoms. The Bertz CT molecular complexity index is 1290. The van der Waals surface area contributed by atoms with Crippen molar-refractivity contribution in [3.05, 3.63) is 58.1 Å². The van der Waals surface area contributed by atoms with Crippen LogP contribution in [-0.4, -0.2) is 37.1 Å². The minimum atomic E-state index is -4.66. The van der Waals surface area contributed by atoms with E-state index >= 15 is 0 Å². The highest BCUT2D eigenvalue weighted by Crippen LogP contribution is 2.38. The van der Waals surface area contributed by atoms with Crippen molar-refractivity contribution in [3.63, 3.8) is 0 Å². The number of carbonyl (C=O) groups excluding carboxylic acids is 1. The summed E-state index contributed by atoms with van der Waals surface area (Å²) >= 11 is 1.28. The first kappa shape index (κ1) is 20.7. The van der Waals surface area contributed by atoms with Gasteiger partial charge in [0, 0.05) is 12.1 Å². The summed E-state index contributed by atoms with van der Waals surface area (Å²) in [5.41, 5.74) is 0.636. The molecule has 7 nitrogen and oxygen atoms in total. The standard InChI is InChI=1S/C21H18F3N5O2S/c1-11-18(12(2)31-27-11)15-5-3-7-28(15)20(30)13-10-25-29-17(21(22,23)24)9-14(26-19(13)29)16-6-4-8-32-16/h4,6,8-10,15H,3,5,7H2,1-2H3/t15-/m0/s1. The van der Waals surface area contributed by atoms with Gasteiger partial charge in [0.1, 0.15) is 11.3 Å². The fourth-order valence-corrected chi connectivity index (χ4v) is 4.98. The Labute approximate surface area is 184 Å². The number of carbonyl (C=O) groups is 1. The molecule has 1 aliphatic heterocycles. The number of rotatable bonds is 3. The molecular formula is C21H18F3N5O2S. The summed E-state index contributed by atoms with van der Waals surface area (Å²) < 4.78 is 47.3. The molecule has 5 rings (SSSR count). The van der Waals surface area contributed by atoms with Crippen molar-refractivity contribution in [2.24, 2.45) is 0 Å². The van der Waals surface area contributed by atoms with Gasteiger partial charge in [0.15, 0.2) is 11.3 Å². The van der Waals surface area contributed by atoms with Crippen molar-refractivity contribution >= 4 is 22.9 Å². The molecule has 1 atom stereocenters. The van der Waals surface area contributed by atoms with Crippen LogP contribution >= 0.6 is 11.3 Å². The molecular weight excluding hydrogens is 443 g/mol. The molecule has 4 aromatic heterocycles. The van der Waals surface area contributed by atoms with E-state index < -0.39 is 17.8 Å². The molecule has 0 spiro atoms. The molecule has 0 saturated carbocycles. The summed E-state index contributed by atoms with van der Waals surface area (Å²) in [7, 11) is 0. The number of aryl methyl sites for hydroxylation is 2. The number of likely N-dealkylation sites (tertiary alicyclic amines) is 1. The van der Waals surface area contributed by atoms with Gasteiger partial charge in [-0.25, -0.2) is 9.50 Å². The van der Waals surface area contributed by atoms with Crippen LogP contribution in [0.25, 0.3) is 16.2 Å². The van der Waals surface area contributed by atoms with E-state index in [9.17, 15) is 18.0 Å². The van der Waals surface area contributed by atoms with Crippen molar-refractivity contribution < 1.29 is 22.5 Å². The van der Waals surface area contributed by atoms with Crippen molar-refractivity contribution in [2.75, 3.05) is 6.54 Å². The first-order valence-electron chi connectivity index (χ1n) is 9.99. The molecule has 1 amide bonds.